The van der Waals surface area contributed by atoms with Gasteiger partial charge >= 0.3 is 5.97 Å². The molecule has 0 radical (unpaired) electrons. The van der Waals surface area contributed by atoms with Crippen molar-refractivity contribution in [3.05, 3.63) is 35.6 Å². The topological polar surface area (TPSA) is 55.4 Å². The lowest BCUT2D eigenvalue weighted by Gasteiger charge is -2.09. The number of hydrogen-bond donors (Lipinski definition) is 1. The fraction of sp³-hybridized carbons (Fsp3) is 0.529. The summed E-state index contributed by atoms with van der Waals surface area (Å²) in [5.74, 6) is -0.339. The van der Waals surface area contributed by atoms with Crippen LogP contribution < -0.4 is 5.32 Å². The Morgan fingerprint density at radius 2 is 1.86 bits per heavy atom. The number of nitrogens with one attached hydrogen (secondary N) is 1. The molecule has 4 nitrogen and oxygen atoms in total. The molecule has 0 saturated heterocycles. The van der Waals surface area contributed by atoms with Gasteiger partial charge in [0.25, 0.3) is 5.91 Å². The van der Waals surface area contributed by atoms with Crippen molar-refractivity contribution in [1.82, 2.24) is 5.32 Å². The Hall–Kier alpha value is -1.91. The maximum absolute atomic E-state index is 12.7. The molecule has 120 valence electrons. The first kappa shape index (κ1) is 16.5. The third-order valence-electron chi connectivity index (χ3n) is 4.00. The lowest BCUT2D eigenvalue weighted by Crippen LogP contribution is -2.28. The molecule has 1 amide bonds. The molecule has 0 aromatic heterocycles. The Kier molecular flexibility index (Phi) is 6.37. The number of ether oxygens (including phenoxy) is 1. The zero-order chi connectivity index (χ0) is 15.8. The van der Waals surface area contributed by atoms with E-state index in [0.29, 0.717) is 18.9 Å². The maximum atomic E-state index is 12.7. The van der Waals surface area contributed by atoms with Crippen LogP contribution in [-0.4, -0.2) is 18.5 Å². The molecule has 0 unspecified atom stereocenters. The van der Waals surface area contributed by atoms with Crippen LogP contribution in [-0.2, 0) is 20.9 Å². The van der Waals surface area contributed by atoms with E-state index in [1.165, 1.54) is 37.8 Å². The SMILES string of the molecule is O=C(COC(=O)CCC1CCCC1)NCc1ccc(F)cc1. The second-order valence-electron chi connectivity index (χ2n) is 5.75. The molecule has 1 aliphatic rings. The van der Waals surface area contributed by atoms with Crippen LogP contribution in [0, 0.1) is 11.7 Å². The fourth-order valence-corrected chi connectivity index (χ4v) is 2.69. The Labute approximate surface area is 130 Å². The Bertz CT molecular complexity index is 495. The molecule has 1 aromatic rings. The predicted octanol–water partition coefficient (Wildman–Crippen LogP) is 2.96. The van der Waals surface area contributed by atoms with E-state index < -0.39 is 0 Å². The number of carbonyl (C=O) groups excluding carboxylic acids is 2. The minimum Gasteiger partial charge on any atom is -0.456 e. The van der Waals surface area contributed by atoms with Crippen LogP contribution in [0.4, 0.5) is 4.39 Å². The average Bonchev–Trinajstić information content (AvgIpc) is 3.04. The summed E-state index contributed by atoms with van der Waals surface area (Å²) in [5, 5.41) is 2.63. The standard InChI is InChI=1S/C17H22FNO3/c18-15-8-5-14(6-9-15)11-19-16(20)12-22-17(21)10-7-13-3-1-2-4-13/h5-6,8-9,13H,1-4,7,10-12H2,(H,19,20). The van der Waals surface area contributed by atoms with Gasteiger partial charge in [0.1, 0.15) is 5.82 Å². The molecule has 1 saturated carbocycles. The van der Waals surface area contributed by atoms with Gasteiger partial charge in [-0.15, -0.1) is 0 Å². The van der Waals surface area contributed by atoms with Gasteiger partial charge in [0, 0.05) is 13.0 Å². The van der Waals surface area contributed by atoms with Gasteiger partial charge in [0.15, 0.2) is 6.61 Å². The van der Waals surface area contributed by atoms with Crippen LogP contribution in [0.5, 0.6) is 0 Å². The first-order valence-electron chi connectivity index (χ1n) is 7.80. The summed E-state index contributed by atoms with van der Waals surface area (Å²) in [6, 6.07) is 5.88. The largest absolute Gasteiger partial charge is 0.456 e. The van der Waals surface area contributed by atoms with Crippen molar-refractivity contribution in [3.8, 4) is 0 Å². The van der Waals surface area contributed by atoms with E-state index in [2.05, 4.69) is 5.32 Å². The van der Waals surface area contributed by atoms with E-state index >= 15 is 0 Å². The number of benzene rings is 1. The summed E-state index contributed by atoms with van der Waals surface area (Å²) in [7, 11) is 0. The van der Waals surface area contributed by atoms with E-state index in [-0.39, 0.29) is 24.3 Å². The van der Waals surface area contributed by atoms with Crippen molar-refractivity contribution >= 4 is 11.9 Å². The Morgan fingerprint density at radius 3 is 2.55 bits per heavy atom. The van der Waals surface area contributed by atoms with Gasteiger partial charge in [-0.25, -0.2) is 4.39 Å². The molecule has 0 spiro atoms. The number of amides is 1. The highest BCUT2D eigenvalue weighted by Crippen LogP contribution is 2.28. The zero-order valence-electron chi connectivity index (χ0n) is 12.6. The Morgan fingerprint density at radius 1 is 1.18 bits per heavy atom. The molecule has 0 atom stereocenters. The summed E-state index contributed by atoms with van der Waals surface area (Å²) in [6.07, 6.45) is 6.15. The second kappa shape index (κ2) is 8.51. The number of rotatable bonds is 7. The highest BCUT2D eigenvalue weighted by atomic mass is 19.1. The normalized spacial score (nSPS) is 14.8. The minimum atomic E-state index is -0.349. The number of carbonyl (C=O) groups is 2. The van der Waals surface area contributed by atoms with Crippen molar-refractivity contribution in [1.29, 1.82) is 0 Å². The van der Waals surface area contributed by atoms with E-state index in [0.717, 1.165) is 12.0 Å². The quantitative estimate of drug-likeness (QED) is 0.788. The average molecular weight is 307 g/mol. The molecule has 1 fully saturated rings. The van der Waals surface area contributed by atoms with Gasteiger partial charge < -0.3 is 10.1 Å². The molecule has 1 aliphatic carbocycles. The summed E-state index contributed by atoms with van der Waals surface area (Å²) in [5.41, 5.74) is 0.794. The number of esters is 1. The smallest absolute Gasteiger partial charge is 0.306 e. The Balaban J connectivity index is 1.58. The summed E-state index contributed by atoms with van der Waals surface area (Å²) < 4.78 is 17.7. The van der Waals surface area contributed by atoms with Crippen LogP contribution >= 0.6 is 0 Å². The van der Waals surface area contributed by atoms with Gasteiger partial charge in [-0.05, 0) is 30.0 Å². The first-order chi connectivity index (χ1) is 10.6. The van der Waals surface area contributed by atoms with Gasteiger partial charge in [0.05, 0.1) is 0 Å². The van der Waals surface area contributed by atoms with Crippen molar-refractivity contribution in [3.63, 3.8) is 0 Å². The lowest BCUT2D eigenvalue weighted by molar-refractivity contribution is -0.148. The lowest BCUT2D eigenvalue weighted by atomic mass is 10.0. The van der Waals surface area contributed by atoms with Crippen LogP contribution in [0.2, 0.25) is 0 Å². The maximum Gasteiger partial charge on any atom is 0.306 e. The summed E-state index contributed by atoms with van der Waals surface area (Å²) >= 11 is 0. The summed E-state index contributed by atoms with van der Waals surface area (Å²) in [4.78, 5) is 23.2. The third-order valence-corrected chi connectivity index (χ3v) is 4.00. The first-order valence-corrected chi connectivity index (χ1v) is 7.80. The molecule has 0 heterocycles. The van der Waals surface area contributed by atoms with Crippen molar-refractivity contribution in [2.45, 2.75) is 45.1 Å². The summed E-state index contributed by atoms with van der Waals surface area (Å²) in [6.45, 7) is 0.0312. The van der Waals surface area contributed by atoms with E-state index in [9.17, 15) is 14.0 Å². The molecular formula is C17H22FNO3. The van der Waals surface area contributed by atoms with Gasteiger partial charge in [-0.2, -0.15) is 0 Å². The van der Waals surface area contributed by atoms with Crippen LogP contribution in [0.3, 0.4) is 0 Å². The highest BCUT2D eigenvalue weighted by molar-refractivity contribution is 5.80. The monoisotopic (exact) mass is 307 g/mol. The number of halogens is 1. The van der Waals surface area contributed by atoms with Crippen LogP contribution in [0.1, 0.15) is 44.1 Å². The van der Waals surface area contributed by atoms with E-state index in [1.807, 2.05) is 0 Å². The second-order valence-corrected chi connectivity index (χ2v) is 5.75. The van der Waals surface area contributed by atoms with Crippen molar-refractivity contribution in [2.75, 3.05) is 6.61 Å². The van der Waals surface area contributed by atoms with Gasteiger partial charge in [-0.1, -0.05) is 37.8 Å². The van der Waals surface area contributed by atoms with Gasteiger partial charge in [0.2, 0.25) is 0 Å². The molecule has 2 rings (SSSR count). The van der Waals surface area contributed by atoms with Gasteiger partial charge in [-0.3, -0.25) is 9.59 Å². The molecule has 1 N–H and O–H groups in total. The molecule has 5 heteroatoms. The van der Waals surface area contributed by atoms with Crippen molar-refractivity contribution in [2.24, 2.45) is 5.92 Å². The fourth-order valence-electron chi connectivity index (χ4n) is 2.69. The van der Waals surface area contributed by atoms with Crippen molar-refractivity contribution < 1.29 is 18.7 Å². The molecule has 0 aliphatic heterocycles. The molecule has 22 heavy (non-hydrogen) atoms. The van der Waals surface area contributed by atoms with E-state index in [1.54, 1.807) is 12.1 Å². The van der Waals surface area contributed by atoms with E-state index in [4.69, 9.17) is 4.74 Å². The van der Waals surface area contributed by atoms with Crippen LogP contribution in [0.25, 0.3) is 0 Å². The molecule has 1 aromatic carbocycles. The predicted molar refractivity (Wildman–Crippen MR) is 80.4 cm³/mol. The number of hydrogen-bond acceptors (Lipinski definition) is 3. The molecular weight excluding hydrogens is 285 g/mol. The molecule has 0 bridgehead atoms. The highest BCUT2D eigenvalue weighted by Gasteiger charge is 2.17. The zero-order valence-corrected chi connectivity index (χ0v) is 12.6. The third kappa shape index (κ3) is 5.84. The van der Waals surface area contributed by atoms with Crippen LogP contribution in [0.15, 0.2) is 24.3 Å². The minimum absolute atomic E-state index is 0.259.